The summed E-state index contributed by atoms with van der Waals surface area (Å²) in [4.78, 5) is 15.3. The van der Waals surface area contributed by atoms with Crippen LogP contribution in [0.4, 0.5) is 8.78 Å². The Bertz CT molecular complexity index is 1090. The summed E-state index contributed by atoms with van der Waals surface area (Å²) in [5.41, 5.74) is 2.57. The number of nitrogens with one attached hydrogen (secondary N) is 1. The third-order valence-electron chi connectivity index (χ3n) is 7.57. The van der Waals surface area contributed by atoms with Crippen molar-refractivity contribution in [1.29, 1.82) is 0 Å². The molecule has 1 fully saturated rings. The van der Waals surface area contributed by atoms with Crippen LogP contribution in [0.25, 0.3) is 0 Å². The van der Waals surface area contributed by atoms with Crippen LogP contribution in [0.15, 0.2) is 36.4 Å². The van der Waals surface area contributed by atoms with Gasteiger partial charge in [0.1, 0.15) is 18.1 Å². The molecule has 0 spiro atoms. The standard InChI is InChI=1S/C28H36F2N2O4/c1-17(31-26(34)18-7-10-23-22(14-18)24(33)11-12-28(23,2)3)21-9-8-20(15-25(21)36-27(29)30)35-16-19-6-5-13-32(19)4/h7-10,14-15,17,19,24,27,33H,5-6,11-13,16H2,1-4H3,(H,31,34)/t17-,19+,24+/m0/s1. The third-order valence-corrected chi connectivity index (χ3v) is 7.57. The third kappa shape index (κ3) is 5.81. The number of benzene rings is 2. The highest BCUT2D eigenvalue weighted by Gasteiger charge is 2.32. The van der Waals surface area contributed by atoms with Gasteiger partial charge in [0.15, 0.2) is 0 Å². The fraction of sp³-hybridized carbons (Fsp3) is 0.536. The highest BCUT2D eigenvalue weighted by molar-refractivity contribution is 5.94. The zero-order chi connectivity index (χ0) is 26.0. The summed E-state index contributed by atoms with van der Waals surface area (Å²) >= 11 is 0. The van der Waals surface area contributed by atoms with Crippen LogP contribution < -0.4 is 14.8 Å². The fourth-order valence-corrected chi connectivity index (χ4v) is 5.28. The molecular formula is C28H36F2N2O4. The predicted octanol–water partition coefficient (Wildman–Crippen LogP) is 5.36. The van der Waals surface area contributed by atoms with E-state index in [0.717, 1.165) is 36.9 Å². The van der Waals surface area contributed by atoms with E-state index in [0.29, 0.717) is 35.9 Å². The van der Waals surface area contributed by atoms with Gasteiger partial charge < -0.3 is 24.8 Å². The fourth-order valence-electron chi connectivity index (χ4n) is 5.28. The first-order valence-corrected chi connectivity index (χ1v) is 12.6. The average molecular weight is 503 g/mol. The second-order valence-electron chi connectivity index (χ2n) is 10.6. The van der Waals surface area contributed by atoms with Crippen molar-refractivity contribution in [3.63, 3.8) is 0 Å². The molecule has 0 unspecified atom stereocenters. The number of carbonyl (C=O) groups excluding carboxylic acids is 1. The van der Waals surface area contributed by atoms with E-state index in [2.05, 4.69) is 24.1 Å². The lowest BCUT2D eigenvalue weighted by molar-refractivity contribution is -0.0507. The molecule has 36 heavy (non-hydrogen) atoms. The van der Waals surface area contributed by atoms with E-state index in [-0.39, 0.29) is 17.1 Å². The van der Waals surface area contributed by atoms with E-state index < -0.39 is 18.8 Å². The monoisotopic (exact) mass is 502 g/mol. The highest BCUT2D eigenvalue weighted by atomic mass is 19.3. The molecule has 196 valence electrons. The van der Waals surface area contributed by atoms with Gasteiger partial charge in [-0.15, -0.1) is 0 Å². The summed E-state index contributed by atoms with van der Waals surface area (Å²) in [5.74, 6) is 0.0608. The normalized spacial score (nSPS) is 22.2. The molecule has 1 aliphatic carbocycles. The molecule has 1 saturated heterocycles. The Morgan fingerprint density at radius 3 is 2.69 bits per heavy atom. The van der Waals surface area contributed by atoms with Gasteiger partial charge in [0.2, 0.25) is 0 Å². The first-order chi connectivity index (χ1) is 17.0. The molecule has 1 amide bonds. The van der Waals surface area contributed by atoms with Crippen LogP contribution in [-0.2, 0) is 5.41 Å². The van der Waals surface area contributed by atoms with Gasteiger partial charge in [-0.2, -0.15) is 8.78 Å². The van der Waals surface area contributed by atoms with E-state index >= 15 is 0 Å². The Morgan fingerprint density at radius 2 is 2.00 bits per heavy atom. The van der Waals surface area contributed by atoms with Crippen LogP contribution in [0.1, 0.15) is 85.6 Å². The van der Waals surface area contributed by atoms with Gasteiger partial charge in [-0.25, -0.2) is 0 Å². The Labute approximate surface area is 211 Å². The van der Waals surface area contributed by atoms with Crippen molar-refractivity contribution >= 4 is 5.91 Å². The maximum Gasteiger partial charge on any atom is 0.387 e. The largest absolute Gasteiger partial charge is 0.492 e. The van der Waals surface area contributed by atoms with Crippen molar-refractivity contribution in [2.45, 2.75) is 76.7 Å². The Morgan fingerprint density at radius 1 is 1.22 bits per heavy atom. The number of alkyl halides is 2. The van der Waals surface area contributed by atoms with Crippen LogP contribution in [0.5, 0.6) is 11.5 Å². The topological polar surface area (TPSA) is 71.0 Å². The quantitative estimate of drug-likeness (QED) is 0.509. The number of aliphatic hydroxyl groups is 1. The van der Waals surface area contributed by atoms with Gasteiger partial charge >= 0.3 is 6.61 Å². The molecule has 4 rings (SSSR count). The van der Waals surface area contributed by atoms with Crippen molar-refractivity contribution in [3.8, 4) is 11.5 Å². The summed E-state index contributed by atoms with van der Waals surface area (Å²) in [6.45, 7) is 4.46. The molecule has 2 aromatic carbocycles. The minimum absolute atomic E-state index is 0.0299. The number of likely N-dealkylation sites (N-methyl/N-ethyl adjacent to an activating group) is 1. The Hall–Kier alpha value is -2.71. The molecule has 6 nitrogen and oxygen atoms in total. The minimum atomic E-state index is -3.01. The van der Waals surface area contributed by atoms with E-state index in [4.69, 9.17) is 9.47 Å². The number of amides is 1. The summed E-state index contributed by atoms with van der Waals surface area (Å²) in [7, 11) is 2.05. The number of hydrogen-bond acceptors (Lipinski definition) is 5. The SMILES string of the molecule is C[C@H](NC(=O)c1ccc2c(c1)[C@H](O)CCC2(C)C)c1ccc(OC[C@H]2CCCN2C)cc1OC(F)F. The average Bonchev–Trinajstić information content (AvgIpc) is 3.24. The van der Waals surface area contributed by atoms with Gasteiger partial charge in [0.05, 0.1) is 12.1 Å². The molecule has 2 N–H and O–H groups in total. The van der Waals surface area contributed by atoms with Crippen LogP contribution >= 0.6 is 0 Å². The van der Waals surface area contributed by atoms with Gasteiger partial charge in [-0.05, 0) is 87.0 Å². The number of hydrogen-bond donors (Lipinski definition) is 2. The molecule has 2 aliphatic rings. The Kier molecular flexibility index (Phi) is 7.85. The lowest BCUT2D eigenvalue weighted by atomic mass is 9.71. The van der Waals surface area contributed by atoms with E-state index in [1.54, 1.807) is 31.2 Å². The van der Waals surface area contributed by atoms with Crippen LogP contribution in [0, 0.1) is 0 Å². The molecular weight excluding hydrogens is 466 g/mol. The molecule has 1 heterocycles. The zero-order valence-corrected chi connectivity index (χ0v) is 21.4. The first-order valence-electron chi connectivity index (χ1n) is 12.6. The molecule has 2 aromatic rings. The van der Waals surface area contributed by atoms with E-state index in [1.807, 2.05) is 13.1 Å². The molecule has 0 saturated carbocycles. The van der Waals surface area contributed by atoms with Crippen LogP contribution in [0.2, 0.25) is 0 Å². The van der Waals surface area contributed by atoms with Gasteiger partial charge in [0.25, 0.3) is 5.91 Å². The maximum absolute atomic E-state index is 13.2. The number of aliphatic hydroxyl groups excluding tert-OH is 1. The molecule has 1 aliphatic heterocycles. The van der Waals surface area contributed by atoms with Crippen molar-refractivity contribution in [3.05, 3.63) is 58.7 Å². The molecule has 0 aromatic heterocycles. The van der Waals surface area contributed by atoms with Gasteiger partial charge in [-0.3, -0.25) is 4.79 Å². The number of nitrogens with zero attached hydrogens (tertiary/aromatic N) is 1. The van der Waals surface area contributed by atoms with E-state index in [1.165, 1.54) is 6.07 Å². The highest BCUT2D eigenvalue weighted by Crippen LogP contribution is 2.42. The smallest absolute Gasteiger partial charge is 0.387 e. The van der Waals surface area contributed by atoms with Crippen molar-refractivity contribution in [2.24, 2.45) is 0 Å². The number of rotatable bonds is 8. The predicted molar refractivity (Wildman–Crippen MR) is 134 cm³/mol. The summed E-state index contributed by atoms with van der Waals surface area (Å²) < 4.78 is 37.0. The second kappa shape index (κ2) is 10.7. The summed E-state index contributed by atoms with van der Waals surface area (Å²) in [6.07, 6.45) is 3.05. The van der Waals surface area contributed by atoms with Gasteiger partial charge in [0, 0.05) is 23.2 Å². The number of likely N-dealkylation sites (tertiary alicyclic amines) is 1. The molecule has 8 heteroatoms. The van der Waals surface area contributed by atoms with Crippen molar-refractivity contribution in [1.82, 2.24) is 10.2 Å². The number of fused-ring (bicyclic) bond motifs is 1. The lowest BCUT2D eigenvalue weighted by Gasteiger charge is -2.35. The zero-order valence-electron chi connectivity index (χ0n) is 21.4. The minimum Gasteiger partial charge on any atom is -0.492 e. The Balaban J connectivity index is 1.49. The summed E-state index contributed by atoms with van der Waals surface area (Å²) in [6, 6.07) is 9.89. The van der Waals surface area contributed by atoms with Crippen molar-refractivity contribution in [2.75, 3.05) is 20.2 Å². The van der Waals surface area contributed by atoms with Gasteiger partial charge in [-0.1, -0.05) is 19.9 Å². The summed E-state index contributed by atoms with van der Waals surface area (Å²) in [5, 5.41) is 13.4. The number of carbonyl (C=O) groups is 1. The van der Waals surface area contributed by atoms with Crippen LogP contribution in [0.3, 0.4) is 0 Å². The number of halogens is 2. The molecule has 3 atom stereocenters. The van der Waals surface area contributed by atoms with Crippen molar-refractivity contribution < 1.29 is 28.2 Å². The van der Waals surface area contributed by atoms with Crippen LogP contribution in [-0.4, -0.2) is 48.8 Å². The lowest BCUT2D eigenvalue weighted by Crippen LogP contribution is -2.30. The maximum atomic E-state index is 13.2. The molecule has 0 radical (unpaired) electrons. The van der Waals surface area contributed by atoms with E-state index in [9.17, 15) is 18.7 Å². The second-order valence-corrected chi connectivity index (χ2v) is 10.6. The number of ether oxygens (including phenoxy) is 2. The first kappa shape index (κ1) is 26.4. The molecule has 0 bridgehead atoms.